The molecule has 2 nitrogen and oxygen atoms in total. The molecule has 0 aliphatic heterocycles. The number of ether oxygens (including phenoxy) is 1. The van der Waals surface area contributed by atoms with Crippen molar-refractivity contribution in [3.05, 3.63) is 29.3 Å². The molecule has 1 aromatic carbocycles. The van der Waals surface area contributed by atoms with E-state index in [9.17, 15) is 22.0 Å². The quantitative estimate of drug-likeness (QED) is 0.611. The van der Waals surface area contributed by atoms with Crippen molar-refractivity contribution in [2.45, 2.75) is 44.8 Å². The zero-order valence-corrected chi connectivity index (χ0v) is 11.6. The molecule has 120 valence electrons. The highest BCUT2D eigenvalue weighted by atomic mass is 19.4. The van der Waals surface area contributed by atoms with Crippen LogP contribution in [0.3, 0.4) is 0 Å². The largest absolute Gasteiger partial charge is 0.488 e. The lowest BCUT2D eigenvalue weighted by Crippen LogP contribution is -2.21. The Kier molecular flexibility index (Phi) is 6.39. The summed E-state index contributed by atoms with van der Waals surface area (Å²) < 4.78 is 68.0. The standard InChI is InChI=1S/C14H18F5NO/c1-2-10(20)6-9-7-11(15)13(12(16)8-9)21-5-3-4-14(17,18)19/h7-8,10H,2-6,20H2,1H3. The van der Waals surface area contributed by atoms with E-state index < -0.39 is 36.6 Å². The molecule has 0 spiro atoms. The fraction of sp³-hybridized carbons (Fsp3) is 0.571. The minimum Gasteiger partial charge on any atom is -0.488 e. The van der Waals surface area contributed by atoms with Gasteiger partial charge in [-0.25, -0.2) is 8.78 Å². The van der Waals surface area contributed by atoms with Crippen LogP contribution in [-0.2, 0) is 6.42 Å². The first-order valence-electron chi connectivity index (χ1n) is 6.66. The van der Waals surface area contributed by atoms with Crippen molar-refractivity contribution in [1.29, 1.82) is 0 Å². The van der Waals surface area contributed by atoms with E-state index in [0.717, 1.165) is 12.1 Å². The van der Waals surface area contributed by atoms with Crippen molar-refractivity contribution >= 4 is 0 Å². The Morgan fingerprint density at radius 2 is 1.76 bits per heavy atom. The summed E-state index contributed by atoms with van der Waals surface area (Å²) >= 11 is 0. The molecule has 1 rings (SSSR count). The summed E-state index contributed by atoms with van der Waals surface area (Å²) in [5, 5.41) is 0. The van der Waals surface area contributed by atoms with Crippen molar-refractivity contribution in [3.63, 3.8) is 0 Å². The van der Waals surface area contributed by atoms with Crippen molar-refractivity contribution in [1.82, 2.24) is 0 Å². The Balaban J connectivity index is 2.63. The van der Waals surface area contributed by atoms with E-state index in [-0.39, 0.29) is 12.5 Å². The molecular weight excluding hydrogens is 293 g/mol. The van der Waals surface area contributed by atoms with E-state index in [2.05, 4.69) is 0 Å². The van der Waals surface area contributed by atoms with Gasteiger partial charge < -0.3 is 10.5 Å². The first-order valence-corrected chi connectivity index (χ1v) is 6.66. The van der Waals surface area contributed by atoms with E-state index in [1.807, 2.05) is 6.92 Å². The smallest absolute Gasteiger partial charge is 0.389 e. The van der Waals surface area contributed by atoms with Gasteiger partial charge in [-0.05, 0) is 37.0 Å². The average Bonchev–Trinajstić information content (AvgIpc) is 2.35. The number of nitrogens with two attached hydrogens (primary N) is 1. The number of alkyl halides is 3. The second-order valence-corrected chi connectivity index (χ2v) is 4.83. The molecule has 2 N–H and O–H groups in total. The van der Waals surface area contributed by atoms with E-state index >= 15 is 0 Å². The fourth-order valence-corrected chi connectivity index (χ4v) is 1.76. The van der Waals surface area contributed by atoms with Crippen LogP contribution < -0.4 is 10.5 Å². The van der Waals surface area contributed by atoms with E-state index in [1.54, 1.807) is 0 Å². The molecule has 0 aliphatic rings. The topological polar surface area (TPSA) is 35.2 Å². The van der Waals surface area contributed by atoms with Crippen molar-refractivity contribution in [2.75, 3.05) is 6.61 Å². The molecule has 0 bridgehead atoms. The highest BCUT2D eigenvalue weighted by molar-refractivity contribution is 5.31. The Hall–Kier alpha value is -1.37. The monoisotopic (exact) mass is 311 g/mol. The van der Waals surface area contributed by atoms with Gasteiger partial charge >= 0.3 is 6.18 Å². The third kappa shape index (κ3) is 6.29. The third-order valence-corrected chi connectivity index (χ3v) is 2.93. The zero-order valence-electron chi connectivity index (χ0n) is 11.6. The Labute approximate surface area is 120 Å². The summed E-state index contributed by atoms with van der Waals surface area (Å²) in [5.41, 5.74) is 6.09. The first-order chi connectivity index (χ1) is 9.73. The highest BCUT2D eigenvalue weighted by Gasteiger charge is 2.26. The van der Waals surface area contributed by atoms with Gasteiger partial charge in [-0.2, -0.15) is 13.2 Å². The molecule has 7 heteroatoms. The summed E-state index contributed by atoms with van der Waals surface area (Å²) in [4.78, 5) is 0. The maximum Gasteiger partial charge on any atom is 0.389 e. The number of hydrogen-bond donors (Lipinski definition) is 1. The summed E-state index contributed by atoms with van der Waals surface area (Å²) in [6, 6.07) is 1.98. The van der Waals surface area contributed by atoms with Gasteiger partial charge in [-0.1, -0.05) is 6.92 Å². The van der Waals surface area contributed by atoms with E-state index in [0.29, 0.717) is 18.4 Å². The molecule has 0 saturated carbocycles. The lowest BCUT2D eigenvalue weighted by Gasteiger charge is -2.13. The zero-order chi connectivity index (χ0) is 16.0. The van der Waals surface area contributed by atoms with Crippen LogP contribution in [0.1, 0.15) is 31.7 Å². The van der Waals surface area contributed by atoms with Crippen LogP contribution in [0.15, 0.2) is 12.1 Å². The molecule has 0 aromatic heterocycles. The fourth-order valence-electron chi connectivity index (χ4n) is 1.76. The molecule has 0 amide bonds. The number of halogens is 5. The third-order valence-electron chi connectivity index (χ3n) is 2.93. The maximum atomic E-state index is 13.7. The van der Waals surface area contributed by atoms with Gasteiger partial charge in [0.1, 0.15) is 0 Å². The SMILES string of the molecule is CCC(N)Cc1cc(F)c(OCCCC(F)(F)F)c(F)c1. The number of hydrogen-bond acceptors (Lipinski definition) is 2. The molecule has 1 atom stereocenters. The molecule has 0 heterocycles. The lowest BCUT2D eigenvalue weighted by atomic mass is 10.0. The van der Waals surface area contributed by atoms with Crippen LogP contribution in [0.25, 0.3) is 0 Å². The van der Waals surface area contributed by atoms with E-state index in [1.165, 1.54) is 0 Å². The predicted octanol–water partition coefficient (Wildman–Crippen LogP) is 3.97. The Morgan fingerprint density at radius 3 is 2.24 bits per heavy atom. The number of benzene rings is 1. The number of rotatable bonds is 7. The molecule has 0 aliphatic carbocycles. The van der Waals surface area contributed by atoms with Crippen LogP contribution in [0.5, 0.6) is 5.75 Å². The van der Waals surface area contributed by atoms with Crippen LogP contribution in [0.2, 0.25) is 0 Å². The lowest BCUT2D eigenvalue weighted by molar-refractivity contribution is -0.136. The van der Waals surface area contributed by atoms with Crippen LogP contribution in [0, 0.1) is 11.6 Å². The normalized spacial score (nSPS) is 13.3. The van der Waals surface area contributed by atoms with Gasteiger partial charge in [0.2, 0.25) is 0 Å². The summed E-state index contributed by atoms with van der Waals surface area (Å²) in [7, 11) is 0. The Bertz CT molecular complexity index is 438. The minimum absolute atomic E-state index is 0.206. The van der Waals surface area contributed by atoms with E-state index in [4.69, 9.17) is 10.5 Å². The van der Waals surface area contributed by atoms with Crippen molar-refractivity contribution in [3.8, 4) is 5.75 Å². The molecule has 1 aromatic rings. The minimum atomic E-state index is -4.30. The Morgan fingerprint density at radius 1 is 1.19 bits per heavy atom. The second kappa shape index (κ2) is 7.59. The molecule has 0 fully saturated rings. The van der Waals surface area contributed by atoms with Crippen molar-refractivity contribution < 1.29 is 26.7 Å². The average molecular weight is 311 g/mol. The summed E-state index contributed by atoms with van der Waals surface area (Å²) in [6.07, 6.45) is -4.73. The van der Waals surface area contributed by atoms with Crippen molar-refractivity contribution in [2.24, 2.45) is 5.73 Å². The van der Waals surface area contributed by atoms with Gasteiger partial charge in [0.15, 0.2) is 17.4 Å². The molecule has 0 radical (unpaired) electrons. The van der Waals surface area contributed by atoms with Crippen LogP contribution >= 0.6 is 0 Å². The predicted molar refractivity (Wildman–Crippen MR) is 69.1 cm³/mol. The highest BCUT2D eigenvalue weighted by Crippen LogP contribution is 2.25. The van der Waals surface area contributed by atoms with Crippen LogP contribution in [0.4, 0.5) is 22.0 Å². The second-order valence-electron chi connectivity index (χ2n) is 4.83. The maximum absolute atomic E-state index is 13.7. The van der Waals surface area contributed by atoms with Gasteiger partial charge in [-0.3, -0.25) is 0 Å². The summed E-state index contributed by atoms with van der Waals surface area (Å²) in [6.45, 7) is 1.46. The van der Waals surface area contributed by atoms with Crippen LogP contribution in [-0.4, -0.2) is 18.8 Å². The first kappa shape index (κ1) is 17.7. The van der Waals surface area contributed by atoms with Gasteiger partial charge in [-0.15, -0.1) is 0 Å². The van der Waals surface area contributed by atoms with Gasteiger partial charge in [0, 0.05) is 12.5 Å². The molecule has 1 unspecified atom stereocenters. The summed E-state index contributed by atoms with van der Waals surface area (Å²) in [5.74, 6) is -2.51. The molecule has 0 saturated heterocycles. The molecule has 21 heavy (non-hydrogen) atoms. The molecular formula is C14H18F5NO. The van der Waals surface area contributed by atoms with Gasteiger partial charge in [0.25, 0.3) is 0 Å². The van der Waals surface area contributed by atoms with Gasteiger partial charge in [0.05, 0.1) is 6.61 Å².